The average molecular weight is 210 g/mol. The lowest BCUT2D eigenvalue weighted by Crippen LogP contribution is -2.43. The van der Waals surface area contributed by atoms with Gasteiger partial charge in [0.1, 0.15) is 0 Å². The summed E-state index contributed by atoms with van der Waals surface area (Å²) in [5, 5.41) is 2.47. The Hall–Kier alpha value is -0.260. The molecule has 0 aromatic carbocycles. The molecule has 3 nitrogen and oxygen atoms in total. The molecule has 0 aliphatic heterocycles. The van der Waals surface area contributed by atoms with Gasteiger partial charge in [0, 0.05) is 13.7 Å². The number of halogens is 2. The van der Waals surface area contributed by atoms with Crippen LogP contribution in [0.4, 0.5) is 8.78 Å². The van der Waals surface area contributed by atoms with Crippen molar-refractivity contribution in [2.75, 3.05) is 40.8 Å². The van der Waals surface area contributed by atoms with Crippen molar-refractivity contribution in [3.05, 3.63) is 0 Å². The summed E-state index contributed by atoms with van der Waals surface area (Å²) < 4.78 is 31.2. The van der Waals surface area contributed by atoms with Gasteiger partial charge in [-0.2, -0.15) is 0 Å². The number of ether oxygens (including phenoxy) is 1. The van der Waals surface area contributed by atoms with Gasteiger partial charge in [-0.15, -0.1) is 0 Å². The van der Waals surface area contributed by atoms with Crippen LogP contribution in [0.5, 0.6) is 0 Å². The number of likely N-dealkylation sites (N-methyl/N-ethyl adjacent to an activating group) is 1. The van der Waals surface area contributed by atoms with Gasteiger partial charge < -0.3 is 10.1 Å². The van der Waals surface area contributed by atoms with E-state index in [-0.39, 0.29) is 19.2 Å². The Balaban J connectivity index is 3.85. The normalized spacial score (nSPS) is 14.8. The molecule has 0 fully saturated rings. The molecule has 0 amide bonds. The van der Waals surface area contributed by atoms with Crippen molar-refractivity contribution in [1.29, 1.82) is 0 Å². The third-order valence-corrected chi connectivity index (χ3v) is 1.91. The molecule has 86 valence electrons. The smallest absolute Gasteiger partial charge is 0.272 e. The van der Waals surface area contributed by atoms with Crippen molar-refractivity contribution >= 4 is 0 Å². The van der Waals surface area contributed by atoms with E-state index in [4.69, 9.17) is 4.74 Å². The summed E-state index contributed by atoms with van der Waals surface area (Å²) >= 11 is 0. The first-order valence-electron chi connectivity index (χ1n) is 4.65. The van der Waals surface area contributed by atoms with E-state index in [9.17, 15) is 8.78 Å². The van der Waals surface area contributed by atoms with Gasteiger partial charge in [-0.1, -0.05) is 0 Å². The first-order chi connectivity index (χ1) is 6.41. The van der Waals surface area contributed by atoms with E-state index in [0.717, 1.165) is 0 Å². The maximum atomic E-state index is 13.1. The van der Waals surface area contributed by atoms with Gasteiger partial charge in [0.2, 0.25) is 0 Å². The monoisotopic (exact) mass is 210 g/mol. The number of hydrogen-bond acceptors (Lipinski definition) is 3. The minimum absolute atomic E-state index is 0.0228. The number of hydrogen-bond donors (Lipinski definition) is 1. The Kier molecular flexibility index (Phi) is 6.15. The van der Waals surface area contributed by atoms with Crippen LogP contribution in [0.15, 0.2) is 0 Å². The first-order valence-corrected chi connectivity index (χ1v) is 4.65. The lowest BCUT2D eigenvalue weighted by Gasteiger charge is -2.25. The molecule has 0 aromatic heterocycles. The fraction of sp³-hybridized carbons (Fsp3) is 1.00. The summed E-state index contributed by atoms with van der Waals surface area (Å²) in [6.07, 6.45) is -0.0228. The van der Waals surface area contributed by atoms with E-state index in [1.807, 2.05) is 6.92 Å². The zero-order valence-corrected chi connectivity index (χ0v) is 9.31. The molecule has 0 spiro atoms. The van der Waals surface area contributed by atoms with E-state index < -0.39 is 5.92 Å². The van der Waals surface area contributed by atoms with Crippen molar-refractivity contribution in [3.8, 4) is 0 Å². The summed E-state index contributed by atoms with van der Waals surface area (Å²) in [5.74, 6) is -2.68. The van der Waals surface area contributed by atoms with Crippen LogP contribution in [-0.4, -0.2) is 57.8 Å². The number of methoxy groups -OCH3 is 1. The molecule has 1 unspecified atom stereocenters. The molecular formula is C9H20F2N2O. The Labute approximate surface area is 84.4 Å². The van der Waals surface area contributed by atoms with Crippen molar-refractivity contribution in [3.63, 3.8) is 0 Å². The maximum Gasteiger partial charge on any atom is 0.272 e. The summed E-state index contributed by atoms with van der Waals surface area (Å²) in [7, 11) is 4.76. The highest BCUT2D eigenvalue weighted by molar-refractivity contribution is 4.73. The molecule has 0 aliphatic carbocycles. The third-order valence-electron chi connectivity index (χ3n) is 1.91. The van der Waals surface area contributed by atoms with Crippen LogP contribution in [0.1, 0.15) is 6.92 Å². The second-order valence-corrected chi connectivity index (χ2v) is 3.63. The fourth-order valence-corrected chi connectivity index (χ4v) is 1.29. The van der Waals surface area contributed by atoms with E-state index in [0.29, 0.717) is 6.54 Å². The van der Waals surface area contributed by atoms with Gasteiger partial charge in [0.05, 0.1) is 19.2 Å². The Morgan fingerprint density at radius 3 is 2.50 bits per heavy atom. The van der Waals surface area contributed by atoms with Crippen molar-refractivity contribution in [1.82, 2.24) is 10.2 Å². The summed E-state index contributed by atoms with van der Waals surface area (Å²) in [6, 6.07) is 0. The van der Waals surface area contributed by atoms with Crippen LogP contribution in [0.25, 0.3) is 0 Å². The number of rotatable bonds is 7. The number of nitrogens with zero attached hydrogens (tertiary/aromatic N) is 1. The zero-order chi connectivity index (χ0) is 11.2. The van der Waals surface area contributed by atoms with Gasteiger partial charge in [-0.25, -0.2) is 8.78 Å². The van der Waals surface area contributed by atoms with Crippen LogP contribution >= 0.6 is 0 Å². The van der Waals surface area contributed by atoms with Crippen LogP contribution in [0.2, 0.25) is 0 Å². The molecule has 1 N–H and O–H groups in total. The molecule has 0 saturated heterocycles. The molecule has 0 saturated carbocycles. The molecule has 0 aromatic rings. The minimum Gasteiger partial charge on any atom is -0.380 e. The number of alkyl halides is 2. The maximum absolute atomic E-state index is 13.1. The zero-order valence-electron chi connectivity index (χ0n) is 9.31. The number of nitrogens with one attached hydrogen (secondary N) is 1. The van der Waals surface area contributed by atoms with Crippen molar-refractivity contribution in [2.45, 2.75) is 19.0 Å². The van der Waals surface area contributed by atoms with Crippen molar-refractivity contribution in [2.24, 2.45) is 0 Å². The second kappa shape index (κ2) is 6.27. The molecule has 1 atom stereocenters. The van der Waals surface area contributed by atoms with Crippen LogP contribution in [-0.2, 0) is 4.74 Å². The Bertz CT molecular complexity index is 156. The molecule has 5 heteroatoms. The summed E-state index contributed by atoms with van der Waals surface area (Å²) in [6.45, 7) is 1.82. The van der Waals surface area contributed by atoms with Crippen LogP contribution in [0, 0.1) is 0 Å². The lowest BCUT2D eigenvalue weighted by molar-refractivity contribution is -0.0326. The standard InChI is InChI=1S/C9H20F2N2O/c1-8(14-4)5-13(3)7-9(10,11)6-12-2/h8,12H,5-7H2,1-4H3. The highest BCUT2D eigenvalue weighted by Gasteiger charge is 2.29. The minimum atomic E-state index is -2.68. The Morgan fingerprint density at radius 2 is 2.07 bits per heavy atom. The lowest BCUT2D eigenvalue weighted by atomic mass is 10.3. The van der Waals surface area contributed by atoms with E-state index in [1.165, 1.54) is 7.05 Å². The predicted octanol–water partition coefficient (Wildman–Crippen LogP) is 0.808. The highest BCUT2D eigenvalue weighted by atomic mass is 19.3. The summed E-state index contributed by atoms with van der Waals surface area (Å²) in [5.41, 5.74) is 0. The van der Waals surface area contributed by atoms with Crippen LogP contribution in [0.3, 0.4) is 0 Å². The predicted molar refractivity (Wildman–Crippen MR) is 52.8 cm³/mol. The summed E-state index contributed by atoms with van der Waals surface area (Å²) in [4.78, 5) is 1.57. The van der Waals surface area contributed by atoms with Crippen LogP contribution < -0.4 is 5.32 Å². The Morgan fingerprint density at radius 1 is 1.50 bits per heavy atom. The second-order valence-electron chi connectivity index (χ2n) is 3.63. The largest absolute Gasteiger partial charge is 0.380 e. The fourth-order valence-electron chi connectivity index (χ4n) is 1.29. The molecule has 0 bridgehead atoms. The highest BCUT2D eigenvalue weighted by Crippen LogP contribution is 2.13. The molecule has 0 heterocycles. The topological polar surface area (TPSA) is 24.5 Å². The van der Waals surface area contributed by atoms with Crippen molar-refractivity contribution < 1.29 is 13.5 Å². The van der Waals surface area contributed by atoms with Gasteiger partial charge in [-0.05, 0) is 21.0 Å². The van der Waals surface area contributed by atoms with Gasteiger partial charge in [0.15, 0.2) is 0 Å². The third kappa shape index (κ3) is 6.23. The molecule has 0 radical (unpaired) electrons. The van der Waals surface area contributed by atoms with E-state index in [1.54, 1.807) is 19.1 Å². The van der Waals surface area contributed by atoms with Gasteiger partial charge in [0.25, 0.3) is 5.92 Å². The van der Waals surface area contributed by atoms with Gasteiger partial charge >= 0.3 is 0 Å². The van der Waals surface area contributed by atoms with E-state index in [2.05, 4.69) is 5.32 Å². The quantitative estimate of drug-likeness (QED) is 0.673. The molecule has 0 aliphatic rings. The molecule has 14 heavy (non-hydrogen) atoms. The van der Waals surface area contributed by atoms with Gasteiger partial charge in [-0.3, -0.25) is 4.90 Å². The van der Waals surface area contributed by atoms with E-state index >= 15 is 0 Å². The first kappa shape index (κ1) is 13.7. The average Bonchev–Trinajstić information content (AvgIpc) is 2.02. The molecular weight excluding hydrogens is 190 g/mol. The molecule has 0 rings (SSSR count). The SMILES string of the molecule is CNCC(F)(F)CN(C)CC(C)OC.